The maximum atomic E-state index is 12.1. The minimum Gasteiger partial charge on any atom is -0.320 e. The van der Waals surface area contributed by atoms with Gasteiger partial charge in [-0.05, 0) is 31.8 Å². The van der Waals surface area contributed by atoms with E-state index in [0.717, 1.165) is 12.1 Å². The summed E-state index contributed by atoms with van der Waals surface area (Å²) in [6.07, 6.45) is 3.44. The number of benzene rings is 1. The van der Waals surface area contributed by atoms with Gasteiger partial charge in [0.2, 0.25) is 5.95 Å². The zero-order valence-corrected chi connectivity index (χ0v) is 11.4. The Hall–Kier alpha value is -2.14. The van der Waals surface area contributed by atoms with Gasteiger partial charge in [0, 0.05) is 31.5 Å². The second kappa shape index (κ2) is 5.67. The highest BCUT2D eigenvalue weighted by atomic mass is 16.1. The summed E-state index contributed by atoms with van der Waals surface area (Å²) >= 11 is 0. The van der Waals surface area contributed by atoms with Crippen molar-refractivity contribution in [1.82, 2.24) is 14.5 Å². The van der Waals surface area contributed by atoms with Crippen molar-refractivity contribution < 1.29 is 4.79 Å². The van der Waals surface area contributed by atoms with Gasteiger partial charge in [0.15, 0.2) is 0 Å². The van der Waals surface area contributed by atoms with Crippen LogP contribution in [0.5, 0.6) is 0 Å². The molecule has 2 aromatic rings. The molecule has 5 heteroatoms. The molecule has 0 spiro atoms. The number of nitrogens with zero attached hydrogens (tertiary/aromatic N) is 3. The maximum absolute atomic E-state index is 12.1. The summed E-state index contributed by atoms with van der Waals surface area (Å²) in [6, 6.07) is 7.61. The van der Waals surface area contributed by atoms with Gasteiger partial charge < -0.3 is 9.47 Å². The van der Waals surface area contributed by atoms with Crippen molar-refractivity contribution in [3.8, 4) is 0 Å². The Morgan fingerprint density at radius 3 is 2.84 bits per heavy atom. The third kappa shape index (κ3) is 3.42. The van der Waals surface area contributed by atoms with E-state index in [9.17, 15) is 4.79 Å². The normalized spacial score (nSPS) is 10.7. The van der Waals surface area contributed by atoms with Crippen LogP contribution in [0.3, 0.4) is 0 Å². The average molecular weight is 258 g/mol. The Morgan fingerprint density at radius 2 is 2.21 bits per heavy atom. The first-order chi connectivity index (χ1) is 9.06. The highest BCUT2D eigenvalue weighted by molar-refractivity contribution is 6.03. The topological polar surface area (TPSA) is 50.2 Å². The Morgan fingerprint density at radius 1 is 1.42 bits per heavy atom. The third-order valence-corrected chi connectivity index (χ3v) is 2.73. The maximum Gasteiger partial charge on any atom is 0.257 e. The molecule has 0 aliphatic heterocycles. The molecule has 1 N–H and O–H groups in total. The van der Waals surface area contributed by atoms with Crippen molar-refractivity contribution in [3.05, 3.63) is 47.8 Å². The number of carbonyl (C=O) groups is 1. The predicted octanol–water partition coefficient (Wildman–Crippen LogP) is 1.73. The van der Waals surface area contributed by atoms with E-state index in [1.165, 1.54) is 0 Å². The van der Waals surface area contributed by atoms with Crippen LogP contribution in [0.25, 0.3) is 0 Å². The van der Waals surface area contributed by atoms with Crippen LogP contribution in [0.4, 0.5) is 5.95 Å². The zero-order valence-electron chi connectivity index (χ0n) is 11.4. The first-order valence-electron chi connectivity index (χ1n) is 6.08. The molecule has 0 aliphatic carbocycles. The first-order valence-corrected chi connectivity index (χ1v) is 6.08. The number of aryl methyl sites for hydroxylation is 1. The SMILES string of the molecule is CN(C)Cc1cccc(C(=O)Nc2nccn2C)c1. The predicted molar refractivity (Wildman–Crippen MR) is 75.0 cm³/mol. The van der Waals surface area contributed by atoms with Crippen molar-refractivity contribution in [2.24, 2.45) is 7.05 Å². The molecule has 0 saturated carbocycles. The van der Waals surface area contributed by atoms with Gasteiger partial charge >= 0.3 is 0 Å². The van der Waals surface area contributed by atoms with E-state index >= 15 is 0 Å². The van der Waals surface area contributed by atoms with Crippen molar-refractivity contribution in [1.29, 1.82) is 0 Å². The largest absolute Gasteiger partial charge is 0.320 e. The quantitative estimate of drug-likeness (QED) is 0.908. The van der Waals surface area contributed by atoms with Gasteiger partial charge in [-0.1, -0.05) is 12.1 Å². The van der Waals surface area contributed by atoms with Crippen LogP contribution in [0.15, 0.2) is 36.7 Å². The van der Waals surface area contributed by atoms with Crippen LogP contribution in [0.2, 0.25) is 0 Å². The number of hydrogen-bond donors (Lipinski definition) is 1. The monoisotopic (exact) mass is 258 g/mol. The molecule has 0 aliphatic rings. The molecule has 1 amide bonds. The van der Waals surface area contributed by atoms with Crippen LogP contribution >= 0.6 is 0 Å². The number of anilines is 1. The summed E-state index contributed by atoms with van der Waals surface area (Å²) < 4.78 is 1.77. The lowest BCUT2D eigenvalue weighted by atomic mass is 10.1. The smallest absolute Gasteiger partial charge is 0.257 e. The number of nitrogens with one attached hydrogen (secondary N) is 1. The van der Waals surface area contributed by atoms with E-state index < -0.39 is 0 Å². The molecule has 1 aromatic heterocycles. The van der Waals surface area contributed by atoms with E-state index in [1.54, 1.807) is 23.0 Å². The van der Waals surface area contributed by atoms with Crippen LogP contribution in [0.1, 0.15) is 15.9 Å². The van der Waals surface area contributed by atoms with Gasteiger partial charge in [-0.15, -0.1) is 0 Å². The van der Waals surface area contributed by atoms with Crippen LogP contribution < -0.4 is 5.32 Å². The van der Waals surface area contributed by atoms with Gasteiger partial charge in [-0.25, -0.2) is 4.98 Å². The number of imidazole rings is 1. The van der Waals surface area contributed by atoms with Gasteiger partial charge in [0.1, 0.15) is 0 Å². The van der Waals surface area contributed by atoms with Gasteiger partial charge in [-0.3, -0.25) is 10.1 Å². The number of rotatable bonds is 4. The summed E-state index contributed by atoms with van der Waals surface area (Å²) in [5.74, 6) is 0.401. The van der Waals surface area contributed by atoms with Crippen molar-refractivity contribution in [2.45, 2.75) is 6.54 Å². The van der Waals surface area contributed by atoms with Crippen LogP contribution in [-0.4, -0.2) is 34.5 Å². The molecular formula is C14H18N4O. The average Bonchev–Trinajstić information content (AvgIpc) is 2.74. The second-order valence-electron chi connectivity index (χ2n) is 4.75. The Balaban J connectivity index is 2.13. The fourth-order valence-corrected chi connectivity index (χ4v) is 1.84. The number of carbonyl (C=O) groups excluding carboxylic acids is 1. The van der Waals surface area contributed by atoms with Crippen molar-refractivity contribution in [2.75, 3.05) is 19.4 Å². The molecule has 0 saturated heterocycles. The molecule has 0 radical (unpaired) electrons. The number of hydrogen-bond acceptors (Lipinski definition) is 3. The van der Waals surface area contributed by atoms with Gasteiger partial charge in [0.05, 0.1) is 0 Å². The summed E-state index contributed by atoms with van der Waals surface area (Å²) in [5, 5.41) is 2.79. The van der Waals surface area contributed by atoms with E-state index in [0.29, 0.717) is 11.5 Å². The Bertz CT molecular complexity index is 574. The van der Waals surface area contributed by atoms with E-state index in [4.69, 9.17) is 0 Å². The molecule has 0 unspecified atom stereocenters. The molecule has 0 atom stereocenters. The summed E-state index contributed by atoms with van der Waals surface area (Å²) in [5.41, 5.74) is 1.75. The van der Waals surface area contributed by atoms with E-state index in [2.05, 4.69) is 15.2 Å². The van der Waals surface area contributed by atoms with Crippen molar-refractivity contribution in [3.63, 3.8) is 0 Å². The van der Waals surface area contributed by atoms with Crippen LogP contribution in [0, 0.1) is 0 Å². The lowest BCUT2D eigenvalue weighted by Gasteiger charge is -2.11. The minimum absolute atomic E-state index is 0.144. The standard InChI is InChI=1S/C14H18N4O/c1-17(2)10-11-5-4-6-12(9-11)13(19)16-14-15-7-8-18(14)3/h4-9H,10H2,1-3H3,(H,15,16,19). The highest BCUT2D eigenvalue weighted by Gasteiger charge is 2.09. The molecule has 100 valence electrons. The summed E-state index contributed by atoms with van der Waals surface area (Å²) in [4.78, 5) is 18.3. The fourth-order valence-electron chi connectivity index (χ4n) is 1.84. The molecule has 0 fully saturated rings. The molecule has 1 aromatic carbocycles. The van der Waals surface area contributed by atoms with Gasteiger partial charge in [-0.2, -0.15) is 0 Å². The van der Waals surface area contributed by atoms with Crippen LogP contribution in [-0.2, 0) is 13.6 Å². The lowest BCUT2D eigenvalue weighted by molar-refractivity contribution is 0.102. The summed E-state index contributed by atoms with van der Waals surface area (Å²) in [6.45, 7) is 0.809. The molecule has 1 heterocycles. The van der Waals surface area contributed by atoms with Crippen molar-refractivity contribution >= 4 is 11.9 Å². The molecule has 5 nitrogen and oxygen atoms in total. The second-order valence-corrected chi connectivity index (χ2v) is 4.75. The van der Waals surface area contributed by atoms with E-state index in [-0.39, 0.29) is 5.91 Å². The lowest BCUT2D eigenvalue weighted by Crippen LogP contribution is -2.16. The summed E-state index contributed by atoms with van der Waals surface area (Å²) in [7, 11) is 5.84. The fraction of sp³-hybridized carbons (Fsp3) is 0.286. The Kier molecular flexibility index (Phi) is 3.97. The number of aromatic nitrogens is 2. The van der Waals surface area contributed by atoms with E-state index in [1.807, 2.05) is 39.3 Å². The minimum atomic E-state index is -0.144. The molecule has 19 heavy (non-hydrogen) atoms. The van der Waals surface area contributed by atoms with Gasteiger partial charge in [0.25, 0.3) is 5.91 Å². The molecule has 2 rings (SSSR count). The Labute approximate surface area is 112 Å². The first kappa shape index (κ1) is 13.3. The zero-order chi connectivity index (χ0) is 13.8. The highest BCUT2D eigenvalue weighted by Crippen LogP contribution is 2.10. The number of amides is 1. The molecule has 0 bridgehead atoms. The molecular weight excluding hydrogens is 240 g/mol. The third-order valence-electron chi connectivity index (χ3n) is 2.73.